The Kier molecular flexibility index (Phi) is 11.4. The van der Waals surface area contributed by atoms with Gasteiger partial charge in [0.1, 0.15) is 53.1 Å². The minimum absolute atomic E-state index is 0.0615. The van der Waals surface area contributed by atoms with E-state index in [9.17, 15) is 14.4 Å². The fourth-order valence-electron chi connectivity index (χ4n) is 7.80. The minimum atomic E-state index is -0.972. The Bertz CT molecular complexity index is 1910. The third-order valence-corrected chi connectivity index (χ3v) is 12.1. The molecule has 2 aromatic heterocycles. The highest BCUT2D eigenvalue weighted by molar-refractivity contribution is 7.14. The second-order valence-corrected chi connectivity index (χ2v) is 18.0. The van der Waals surface area contributed by atoms with Crippen LogP contribution in [-0.2, 0) is 19.1 Å². The van der Waals surface area contributed by atoms with Crippen molar-refractivity contribution in [3.63, 3.8) is 0 Å². The van der Waals surface area contributed by atoms with Crippen LogP contribution in [-0.4, -0.2) is 114 Å². The number of halogens is 1. The van der Waals surface area contributed by atoms with E-state index in [1.54, 1.807) is 12.1 Å². The smallest absolute Gasteiger partial charge is 0.408 e. The first-order valence-electron chi connectivity index (χ1n) is 19.1. The molecular weight excluding hydrogens is 746 g/mol. The van der Waals surface area contributed by atoms with Gasteiger partial charge < -0.3 is 40.2 Å². The third kappa shape index (κ3) is 8.90. The lowest BCUT2D eigenvalue weighted by Crippen LogP contribution is -2.57. The molecule has 298 valence electrons. The molecule has 3 amide bonds. The zero-order valence-corrected chi connectivity index (χ0v) is 33.9. The SMILES string of the molecule is CC(C)Nc1nc(-c2cc(O[C@@H]3C[C@@H](C(N)=O)N(C(=O)[C@@H](NC(=O)O[C@@H]4C[C@@H]5C[C@@H]5C4)C(C)(C)C)C3)c3ccc(OC[C@H]4COCCN4C)c(Cl)c3n2)cs1. The summed E-state index contributed by atoms with van der Waals surface area (Å²) in [5, 5.41) is 9.75. The van der Waals surface area contributed by atoms with Crippen molar-refractivity contribution in [3.8, 4) is 22.9 Å². The number of hydrogen-bond acceptors (Lipinski definition) is 12. The summed E-state index contributed by atoms with van der Waals surface area (Å²) in [6.45, 7) is 12.2. The van der Waals surface area contributed by atoms with Crippen LogP contribution in [0.4, 0.5) is 9.93 Å². The summed E-state index contributed by atoms with van der Waals surface area (Å²) >= 11 is 8.51. The molecule has 7 atom stereocenters. The number of anilines is 1. The number of aromatic nitrogens is 2. The van der Waals surface area contributed by atoms with E-state index in [1.807, 2.05) is 53.1 Å². The molecule has 4 aliphatic rings. The number of rotatable bonds is 12. The molecule has 4 heterocycles. The van der Waals surface area contributed by atoms with E-state index in [0.29, 0.717) is 70.5 Å². The van der Waals surface area contributed by atoms with Crippen molar-refractivity contribution in [2.45, 2.75) is 96.7 Å². The van der Waals surface area contributed by atoms with Crippen LogP contribution in [0.2, 0.25) is 5.02 Å². The second-order valence-electron chi connectivity index (χ2n) is 16.7. The number of benzene rings is 1. The number of likely N-dealkylation sites (N-methyl/N-ethyl adjacent to an activating group) is 1. The van der Waals surface area contributed by atoms with E-state index in [1.165, 1.54) is 22.7 Å². The summed E-state index contributed by atoms with van der Waals surface area (Å²) < 4.78 is 24.3. The molecule has 14 nitrogen and oxygen atoms in total. The average molecular weight is 798 g/mol. The normalized spacial score (nSPS) is 25.8. The highest BCUT2D eigenvalue weighted by Gasteiger charge is 2.48. The molecular formula is C39H52ClN7O7S. The van der Waals surface area contributed by atoms with Gasteiger partial charge in [-0.3, -0.25) is 14.5 Å². The molecule has 0 unspecified atom stereocenters. The topological polar surface area (TPSA) is 170 Å². The zero-order chi connectivity index (χ0) is 39.2. The fraction of sp³-hybridized carbons (Fsp3) is 0.615. The van der Waals surface area contributed by atoms with Gasteiger partial charge in [0.2, 0.25) is 11.8 Å². The van der Waals surface area contributed by atoms with E-state index in [4.69, 9.17) is 46.3 Å². The highest BCUT2D eigenvalue weighted by atomic mass is 35.5. The molecule has 4 N–H and O–H groups in total. The maximum absolute atomic E-state index is 14.3. The molecule has 7 rings (SSSR count). The molecule has 0 radical (unpaired) electrons. The minimum Gasteiger partial charge on any atom is -0.490 e. The molecule has 16 heteroatoms. The molecule has 4 fully saturated rings. The van der Waals surface area contributed by atoms with Gasteiger partial charge in [-0.1, -0.05) is 32.4 Å². The van der Waals surface area contributed by atoms with E-state index < -0.39 is 41.5 Å². The second kappa shape index (κ2) is 15.9. The van der Waals surface area contributed by atoms with E-state index in [2.05, 4.69) is 15.5 Å². The molecule has 0 spiro atoms. The monoisotopic (exact) mass is 797 g/mol. The van der Waals surface area contributed by atoms with Crippen LogP contribution >= 0.6 is 22.9 Å². The standard InChI is InChI=1S/C39H52ClN7O7S/c1-20(2)42-37-44-28(19-55-37)27-15-31(26-7-8-30(32(40)33(26)43-27)52-18-23-17-51-10-9-46(23)6)53-25-14-29(35(41)48)47(16-25)36(49)34(39(3,4)5)45-38(50)54-24-12-21-11-22(21)13-24/h7-8,15,19-25,29,34H,9-14,16-18H2,1-6H3,(H2,41,48)(H,42,44)(H,45,50)/t21-,22+,23-,24+,25-,29+,34-/m1/s1. The Labute approximate surface area is 330 Å². The quantitative estimate of drug-likeness (QED) is 0.217. The van der Waals surface area contributed by atoms with Gasteiger partial charge in [-0.05, 0) is 69.5 Å². The number of alkyl carbamates (subject to hydrolysis) is 1. The molecule has 3 aromatic rings. The van der Waals surface area contributed by atoms with Crippen molar-refractivity contribution in [2.24, 2.45) is 23.0 Å². The molecule has 2 aliphatic carbocycles. The number of nitrogens with zero attached hydrogens (tertiary/aromatic N) is 4. The summed E-state index contributed by atoms with van der Waals surface area (Å²) in [5.74, 6) is 1.11. The van der Waals surface area contributed by atoms with Crippen LogP contribution in [0.25, 0.3) is 22.3 Å². The molecule has 2 saturated heterocycles. The largest absolute Gasteiger partial charge is 0.490 e. The molecule has 2 saturated carbocycles. The third-order valence-electron chi connectivity index (χ3n) is 11.0. The van der Waals surface area contributed by atoms with Crippen molar-refractivity contribution in [2.75, 3.05) is 45.3 Å². The van der Waals surface area contributed by atoms with E-state index in [-0.39, 0.29) is 31.2 Å². The maximum atomic E-state index is 14.3. The van der Waals surface area contributed by atoms with Gasteiger partial charge in [-0.2, -0.15) is 0 Å². The van der Waals surface area contributed by atoms with Crippen molar-refractivity contribution in [1.82, 2.24) is 25.1 Å². The molecule has 55 heavy (non-hydrogen) atoms. The van der Waals surface area contributed by atoms with Gasteiger partial charge >= 0.3 is 6.09 Å². The number of fused-ring (bicyclic) bond motifs is 2. The number of hydrogen-bond donors (Lipinski definition) is 3. The van der Waals surface area contributed by atoms with Crippen LogP contribution in [0.3, 0.4) is 0 Å². The number of pyridine rings is 1. The molecule has 1 aromatic carbocycles. The van der Waals surface area contributed by atoms with Gasteiger partial charge in [-0.15, -0.1) is 11.3 Å². The Hall–Kier alpha value is -3.92. The van der Waals surface area contributed by atoms with Crippen LogP contribution in [0.1, 0.15) is 60.3 Å². The number of morpholine rings is 1. The van der Waals surface area contributed by atoms with Crippen molar-refractivity contribution in [3.05, 3.63) is 28.6 Å². The maximum Gasteiger partial charge on any atom is 0.408 e. The van der Waals surface area contributed by atoms with Crippen molar-refractivity contribution in [1.29, 1.82) is 0 Å². The van der Waals surface area contributed by atoms with Gasteiger partial charge in [0.05, 0.1) is 37.0 Å². The molecule has 0 bridgehead atoms. The van der Waals surface area contributed by atoms with Gasteiger partial charge in [0.15, 0.2) is 5.13 Å². The first-order valence-corrected chi connectivity index (χ1v) is 20.4. The van der Waals surface area contributed by atoms with Crippen LogP contribution in [0.15, 0.2) is 23.6 Å². The number of nitrogens with one attached hydrogen (secondary N) is 2. The summed E-state index contributed by atoms with van der Waals surface area (Å²) in [6, 6.07) is 3.77. The van der Waals surface area contributed by atoms with Crippen LogP contribution < -0.4 is 25.8 Å². The summed E-state index contributed by atoms with van der Waals surface area (Å²) in [7, 11) is 2.04. The number of carbonyl (C=O) groups is 3. The number of primary amides is 1. The number of likely N-dealkylation sites (tertiary alicyclic amines) is 1. The highest BCUT2D eigenvalue weighted by Crippen LogP contribution is 2.52. The summed E-state index contributed by atoms with van der Waals surface area (Å²) in [5.41, 5.74) is 6.82. The summed E-state index contributed by atoms with van der Waals surface area (Å²) in [6.07, 6.45) is 1.67. The van der Waals surface area contributed by atoms with Crippen molar-refractivity contribution < 1.29 is 33.3 Å². The number of thiazole rings is 1. The van der Waals surface area contributed by atoms with Gasteiger partial charge in [0, 0.05) is 35.8 Å². The zero-order valence-electron chi connectivity index (χ0n) is 32.3. The Balaban J connectivity index is 1.15. The summed E-state index contributed by atoms with van der Waals surface area (Å²) in [4.78, 5) is 53.6. The Morgan fingerprint density at radius 2 is 1.84 bits per heavy atom. The number of nitrogens with two attached hydrogens (primary N) is 1. The Morgan fingerprint density at radius 1 is 1.07 bits per heavy atom. The van der Waals surface area contributed by atoms with Gasteiger partial charge in [-0.25, -0.2) is 14.8 Å². The number of ether oxygens (including phenoxy) is 4. The van der Waals surface area contributed by atoms with Crippen LogP contribution in [0.5, 0.6) is 11.5 Å². The number of amides is 3. The molecule has 2 aliphatic heterocycles. The lowest BCUT2D eigenvalue weighted by atomic mass is 9.85. The van der Waals surface area contributed by atoms with E-state index in [0.717, 1.165) is 24.5 Å². The predicted molar refractivity (Wildman–Crippen MR) is 211 cm³/mol. The van der Waals surface area contributed by atoms with Crippen molar-refractivity contribution >= 4 is 56.9 Å². The van der Waals surface area contributed by atoms with E-state index >= 15 is 0 Å². The first kappa shape index (κ1) is 39.3. The fourth-order valence-corrected chi connectivity index (χ4v) is 8.91. The lowest BCUT2D eigenvalue weighted by molar-refractivity contribution is -0.141. The predicted octanol–water partition coefficient (Wildman–Crippen LogP) is 5.31. The average Bonchev–Trinajstić information content (AvgIpc) is 3.44. The van der Waals surface area contributed by atoms with Crippen LogP contribution in [0, 0.1) is 17.3 Å². The Morgan fingerprint density at radius 3 is 2.53 bits per heavy atom. The first-order chi connectivity index (χ1) is 26.1. The van der Waals surface area contributed by atoms with Gasteiger partial charge in [0.25, 0.3) is 0 Å². The number of carbonyl (C=O) groups excluding carboxylic acids is 3. The lowest BCUT2D eigenvalue weighted by Gasteiger charge is -2.35.